The molecule has 0 bridgehead atoms. The van der Waals surface area contributed by atoms with Crippen molar-refractivity contribution in [2.45, 2.75) is 36.6 Å². The summed E-state index contributed by atoms with van der Waals surface area (Å²) in [4.78, 5) is 12.6. The number of allylic oxidation sites excluding steroid dienone is 1. The molecule has 1 saturated carbocycles. The molecule has 2 aliphatic rings. The summed E-state index contributed by atoms with van der Waals surface area (Å²) in [5.74, 6) is -0.132. The van der Waals surface area contributed by atoms with Crippen LogP contribution in [0.5, 0.6) is 5.75 Å². The number of nitrogens with one attached hydrogen (secondary N) is 1. The number of aliphatic carboxylic acids is 1. The lowest BCUT2D eigenvalue weighted by Gasteiger charge is -2.45. The van der Waals surface area contributed by atoms with Crippen LogP contribution in [0.3, 0.4) is 0 Å². The molecule has 0 heterocycles. The predicted molar refractivity (Wildman–Crippen MR) is 138 cm³/mol. The van der Waals surface area contributed by atoms with Gasteiger partial charge in [0.15, 0.2) is 0 Å². The van der Waals surface area contributed by atoms with E-state index in [0.29, 0.717) is 41.4 Å². The van der Waals surface area contributed by atoms with Gasteiger partial charge in [-0.25, -0.2) is 4.79 Å². The van der Waals surface area contributed by atoms with Crippen LogP contribution in [0.25, 0.3) is 11.6 Å². The third-order valence-corrected chi connectivity index (χ3v) is 7.88. The zero-order valence-electron chi connectivity index (χ0n) is 18.8. The number of ether oxygens (including phenoxy) is 1. The van der Waals surface area contributed by atoms with Crippen LogP contribution in [0.1, 0.15) is 42.4 Å². The Bertz CT molecular complexity index is 1290. The molecule has 0 amide bonds. The summed E-state index contributed by atoms with van der Waals surface area (Å²) >= 11 is 12.9. The highest BCUT2D eigenvalue weighted by molar-refractivity contribution is 6.33. The summed E-state index contributed by atoms with van der Waals surface area (Å²) in [6, 6.07) is 21.2. The smallest absolute Gasteiger partial charge is 0.329 e. The van der Waals surface area contributed by atoms with Crippen LogP contribution in [0, 0.1) is 0 Å². The van der Waals surface area contributed by atoms with Gasteiger partial charge in [-0.05, 0) is 78.8 Å². The van der Waals surface area contributed by atoms with Crippen molar-refractivity contribution in [2.75, 3.05) is 12.4 Å². The van der Waals surface area contributed by atoms with Crippen LogP contribution in [-0.2, 0) is 10.2 Å². The van der Waals surface area contributed by atoms with E-state index in [2.05, 4.69) is 23.5 Å². The maximum Gasteiger partial charge on any atom is 0.329 e. The van der Waals surface area contributed by atoms with E-state index in [1.165, 1.54) is 5.56 Å². The van der Waals surface area contributed by atoms with Gasteiger partial charge in [0.2, 0.25) is 0 Å². The molecular weight excluding hydrogens is 469 g/mol. The Morgan fingerprint density at radius 3 is 2.41 bits per heavy atom. The van der Waals surface area contributed by atoms with Gasteiger partial charge in [0, 0.05) is 21.7 Å². The van der Waals surface area contributed by atoms with Crippen molar-refractivity contribution in [1.29, 1.82) is 0 Å². The number of hydrogen-bond donors (Lipinski definition) is 2. The normalized spacial score (nSPS) is 23.3. The van der Waals surface area contributed by atoms with E-state index in [9.17, 15) is 9.90 Å². The van der Waals surface area contributed by atoms with Crippen molar-refractivity contribution in [1.82, 2.24) is 0 Å². The van der Waals surface area contributed by atoms with E-state index >= 15 is 0 Å². The second-order valence-electron chi connectivity index (χ2n) is 9.07. The van der Waals surface area contributed by atoms with Crippen molar-refractivity contribution >= 4 is 46.5 Å². The number of fused-ring (bicyclic) bond motifs is 2. The minimum Gasteiger partial charge on any atom is -0.496 e. The number of carboxylic acid groups (broad SMARTS) is 1. The highest BCUT2D eigenvalue weighted by Crippen LogP contribution is 2.58. The fourth-order valence-corrected chi connectivity index (χ4v) is 6.08. The Morgan fingerprint density at radius 1 is 0.971 bits per heavy atom. The van der Waals surface area contributed by atoms with Crippen molar-refractivity contribution in [3.8, 4) is 5.75 Å². The van der Waals surface area contributed by atoms with Crippen LogP contribution in [0.2, 0.25) is 10.0 Å². The molecular formula is C28H25Cl2NO3. The van der Waals surface area contributed by atoms with E-state index in [1.54, 1.807) is 19.2 Å². The lowest BCUT2D eigenvalue weighted by molar-refractivity contribution is -0.143. The summed E-state index contributed by atoms with van der Waals surface area (Å²) in [5, 5.41) is 14.8. The van der Waals surface area contributed by atoms with Gasteiger partial charge in [-0.1, -0.05) is 59.6 Å². The first kappa shape index (κ1) is 22.8. The minimum atomic E-state index is -1.08. The second kappa shape index (κ2) is 8.68. The summed E-state index contributed by atoms with van der Waals surface area (Å²) in [5.41, 5.74) is 3.62. The number of rotatable bonds is 5. The van der Waals surface area contributed by atoms with Crippen LogP contribution < -0.4 is 10.1 Å². The van der Waals surface area contributed by atoms with Gasteiger partial charge in [0.1, 0.15) is 11.3 Å². The average Bonchev–Trinajstić information content (AvgIpc) is 3.14. The minimum absolute atomic E-state index is 0.343. The number of carbonyl (C=O) groups is 1. The Balaban J connectivity index is 1.56. The van der Waals surface area contributed by atoms with Crippen LogP contribution in [-0.4, -0.2) is 23.7 Å². The van der Waals surface area contributed by atoms with Crippen LogP contribution in [0.4, 0.5) is 5.69 Å². The van der Waals surface area contributed by atoms with Gasteiger partial charge in [-0.3, -0.25) is 0 Å². The SMILES string of the molecule is COc1cccc(Cl)c1C1=Cc2ccccc2C12CCC(Nc1cccc(Cl)c1)(C(=O)O)CC2. The van der Waals surface area contributed by atoms with Crippen molar-refractivity contribution in [2.24, 2.45) is 0 Å². The van der Waals surface area contributed by atoms with Crippen molar-refractivity contribution < 1.29 is 14.6 Å². The van der Waals surface area contributed by atoms with E-state index in [-0.39, 0.29) is 5.41 Å². The van der Waals surface area contributed by atoms with Crippen molar-refractivity contribution in [3.63, 3.8) is 0 Å². The molecule has 174 valence electrons. The first-order valence-electron chi connectivity index (χ1n) is 11.3. The lowest BCUT2D eigenvalue weighted by atomic mass is 9.61. The molecule has 2 N–H and O–H groups in total. The molecule has 1 spiro atoms. The first-order valence-corrected chi connectivity index (χ1v) is 12.1. The van der Waals surface area contributed by atoms with E-state index in [4.69, 9.17) is 27.9 Å². The second-order valence-corrected chi connectivity index (χ2v) is 9.91. The number of anilines is 1. The van der Waals surface area contributed by atoms with E-state index in [0.717, 1.165) is 22.4 Å². The molecule has 0 aromatic heterocycles. The molecule has 4 nitrogen and oxygen atoms in total. The third kappa shape index (κ3) is 3.66. The quantitative estimate of drug-likeness (QED) is 0.391. The standard InChI is InChI=1S/C28H25Cl2NO3/c1-34-24-11-5-10-23(30)25(24)22-16-18-6-2-3-9-21(18)27(22)12-14-28(15-13-27,26(32)33)31-20-8-4-7-19(29)17-20/h2-11,16-17,31H,12-15H2,1H3,(H,32,33). The lowest BCUT2D eigenvalue weighted by Crippen LogP contribution is -2.52. The zero-order valence-corrected chi connectivity index (χ0v) is 20.3. The fourth-order valence-electron chi connectivity index (χ4n) is 5.62. The summed E-state index contributed by atoms with van der Waals surface area (Å²) in [6.45, 7) is 0. The molecule has 3 aromatic rings. The van der Waals surface area contributed by atoms with Crippen LogP contribution >= 0.6 is 23.2 Å². The van der Waals surface area contributed by atoms with Gasteiger partial charge in [0.25, 0.3) is 0 Å². The van der Waals surface area contributed by atoms with Crippen molar-refractivity contribution in [3.05, 3.63) is 93.5 Å². The molecule has 0 unspecified atom stereocenters. The molecule has 6 heteroatoms. The molecule has 0 radical (unpaired) electrons. The summed E-state index contributed by atoms with van der Waals surface area (Å²) in [7, 11) is 1.65. The molecule has 0 atom stereocenters. The zero-order chi connectivity index (χ0) is 23.9. The Morgan fingerprint density at radius 2 is 1.71 bits per heavy atom. The highest BCUT2D eigenvalue weighted by atomic mass is 35.5. The predicted octanol–water partition coefficient (Wildman–Crippen LogP) is 7.30. The third-order valence-electron chi connectivity index (χ3n) is 7.33. The maximum atomic E-state index is 12.6. The van der Waals surface area contributed by atoms with E-state index < -0.39 is 11.5 Å². The molecule has 34 heavy (non-hydrogen) atoms. The molecule has 0 saturated heterocycles. The van der Waals surface area contributed by atoms with Gasteiger partial charge < -0.3 is 15.2 Å². The van der Waals surface area contributed by atoms with Gasteiger partial charge in [-0.15, -0.1) is 0 Å². The Labute approximate surface area is 209 Å². The number of benzene rings is 3. The average molecular weight is 494 g/mol. The Kier molecular flexibility index (Phi) is 5.83. The molecule has 1 fully saturated rings. The first-order chi connectivity index (χ1) is 16.4. The molecule has 5 rings (SSSR count). The topological polar surface area (TPSA) is 58.6 Å². The van der Waals surface area contributed by atoms with Gasteiger partial charge in [0.05, 0.1) is 12.1 Å². The largest absolute Gasteiger partial charge is 0.496 e. The Hall–Kier alpha value is -2.95. The molecule has 2 aliphatic carbocycles. The number of carboxylic acids is 1. The monoisotopic (exact) mass is 493 g/mol. The molecule has 0 aliphatic heterocycles. The molecule has 3 aromatic carbocycles. The number of hydrogen-bond acceptors (Lipinski definition) is 3. The summed E-state index contributed by atoms with van der Waals surface area (Å²) < 4.78 is 5.70. The number of halogens is 2. The maximum absolute atomic E-state index is 12.6. The fraction of sp³-hybridized carbons (Fsp3) is 0.250. The van der Waals surface area contributed by atoms with E-state index in [1.807, 2.05) is 42.5 Å². The highest BCUT2D eigenvalue weighted by Gasteiger charge is 2.52. The summed E-state index contributed by atoms with van der Waals surface area (Å²) in [6.07, 6.45) is 4.41. The van der Waals surface area contributed by atoms with Crippen LogP contribution in [0.15, 0.2) is 66.7 Å². The number of methoxy groups -OCH3 is 1. The van der Waals surface area contributed by atoms with Gasteiger partial charge >= 0.3 is 5.97 Å². The van der Waals surface area contributed by atoms with Gasteiger partial charge in [-0.2, -0.15) is 0 Å².